The van der Waals surface area contributed by atoms with Crippen LogP contribution in [0.1, 0.15) is 10.4 Å². The average molecular weight is 247 g/mol. The van der Waals surface area contributed by atoms with Gasteiger partial charge in [0.15, 0.2) is 0 Å². The summed E-state index contributed by atoms with van der Waals surface area (Å²) >= 11 is 0. The predicted molar refractivity (Wildman–Crippen MR) is 66.1 cm³/mol. The van der Waals surface area contributed by atoms with Crippen LogP contribution in [0.3, 0.4) is 0 Å². The SMILES string of the molecule is Nc1c(-c2cccc(C(=O)O)c2)cnn1CCO. The summed E-state index contributed by atoms with van der Waals surface area (Å²) in [5.41, 5.74) is 7.44. The Morgan fingerprint density at radius 1 is 1.44 bits per heavy atom. The maximum atomic E-state index is 10.9. The van der Waals surface area contributed by atoms with Crippen molar-refractivity contribution in [3.63, 3.8) is 0 Å². The van der Waals surface area contributed by atoms with Crippen molar-refractivity contribution in [3.05, 3.63) is 36.0 Å². The first kappa shape index (κ1) is 12.1. The van der Waals surface area contributed by atoms with Crippen LogP contribution in [0.25, 0.3) is 11.1 Å². The molecule has 0 saturated heterocycles. The van der Waals surface area contributed by atoms with Crippen molar-refractivity contribution in [1.82, 2.24) is 9.78 Å². The van der Waals surface area contributed by atoms with Crippen LogP contribution in [0.2, 0.25) is 0 Å². The first-order valence-corrected chi connectivity index (χ1v) is 5.39. The minimum atomic E-state index is -0.988. The number of anilines is 1. The van der Waals surface area contributed by atoms with Gasteiger partial charge in [-0.3, -0.25) is 0 Å². The number of hydrogen-bond donors (Lipinski definition) is 3. The average Bonchev–Trinajstić information content (AvgIpc) is 2.72. The van der Waals surface area contributed by atoms with Crippen LogP contribution in [0.4, 0.5) is 5.82 Å². The molecular formula is C12H13N3O3. The molecule has 0 aliphatic rings. The lowest BCUT2D eigenvalue weighted by atomic mass is 10.1. The minimum absolute atomic E-state index is 0.0551. The molecule has 0 unspecified atom stereocenters. The van der Waals surface area contributed by atoms with E-state index in [1.807, 2.05) is 0 Å². The number of carboxylic acid groups (broad SMARTS) is 1. The molecule has 6 heteroatoms. The Bertz CT molecular complexity index is 578. The van der Waals surface area contributed by atoms with Crippen LogP contribution in [0, 0.1) is 0 Å². The van der Waals surface area contributed by atoms with Crippen LogP contribution in [-0.2, 0) is 6.54 Å². The molecule has 0 amide bonds. The normalized spacial score (nSPS) is 10.5. The molecule has 1 aromatic carbocycles. The summed E-state index contributed by atoms with van der Waals surface area (Å²) < 4.78 is 1.47. The standard InChI is InChI=1S/C12H13N3O3/c13-11-10(7-14-15(11)4-5-16)8-2-1-3-9(6-8)12(17)18/h1-3,6-7,16H,4-5,13H2,(H,17,18). The van der Waals surface area contributed by atoms with Gasteiger partial charge in [-0.05, 0) is 17.7 Å². The monoisotopic (exact) mass is 247 g/mol. The van der Waals surface area contributed by atoms with Gasteiger partial charge in [0.05, 0.1) is 24.9 Å². The first-order chi connectivity index (χ1) is 8.63. The number of nitrogen functional groups attached to an aromatic ring is 1. The number of aromatic nitrogens is 2. The van der Waals surface area contributed by atoms with Crippen molar-refractivity contribution in [1.29, 1.82) is 0 Å². The first-order valence-electron chi connectivity index (χ1n) is 5.39. The van der Waals surface area contributed by atoms with Crippen molar-refractivity contribution in [2.75, 3.05) is 12.3 Å². The highest BCUT2D eigenvalue weighted by atomic mass is 16.4. The number of rotatable bonds is 4. The molecule has 2 aromatic rings. The fourth-order valence-corrected chi connectivity index (χ4v) is 1.71. The summed E-state index contributed by atoms with van der Waals surface area (Å²) in [5.74, 6) is -0.579. The van der Waals surface area contributed by atoms with E-state index < -0.39 is 5.97 Å². The Morgan fingerprint density at radius 2 is 2.22 bits per heavy atom. The molecule has 18 heavy (non-hydrogen) atoms. The molecule has 0 atom stereocenters. The lowest BCUT2D eigenvalue weighted by Gasteiger charge is -2.04. The van der Waals surface area contributed by atoms with E-state index in [1.165, 1.54) is 10.7 Å². The van der Waals surface area contributed by atoms with Gasteiger partial charge in [-0.25, -0.2) is 9.48 Å². The van der Waals surface area contributed by atoms with Gasteiger partial charge in [-0.15, -0.1) is 0 Å². The maximum absolute atomic E-state index is 10.9. The number of nitrogens with zero attached hydrogens (tertiary/aromatic N) is 2. The van der Waals surface area contributed by atoms with E-state index in [9.17, 15) is 4.79 Å². The summed E-state index contributed by atoms with van der Waals surface area (Å²) in [6.07, 6.45) is 1.56. The predicted octanol–water partition coefficient (Wildman–Crippen LogP) is 0.823. The second-order valence-corrected chi connectivity index (χ2v) is 3.78. The van der Waals surface area contributed by atoms with E-state index in [0.717, 1.165) is 0 Å². The number of carbonyl (C=O) groups is 1. The highest BCUT2D eigenvalue weighted by Gasteiger charge is 2.11. The molecule has 0 spiro atoms. The number of aliphatic hydroxyl groups is 1. The molecule has 0 saturated carbocycles. The molecule has 1 aromatic heterocycles. The third-order valence-electron chi connectivity index (χ3n) is 2.61. The van der Waals surface area contributed by atoms with Crippen molar-refractivity contribution < 1.29 is 15.0 Å². The molecule has 6 nitrogen and oxygen atoms in total. The lowest BCUT2D eigenvalue weighted by molar-refractivity contribution is 0.0697. The number of aliphatic hydroxyl groups excluding tert-OH is 1. The number of nitrogens with two attached hydrogens (primary N) is 1. The Labute approximate surface area is 103 Å². The zero-order valence-corrected chi connectivity index (χ0v) is 9.58. The van der Waals surface area contributed by atoms with E-state index >= 15 is 0 Å². The minimum Gasteiger partial charge on any atom is -0.478 e. The van der Waals surface area contributed by atoms with Crippen LogP contribution >= 0.6 is 0 Å². The molecule has 4 N–H and O–H groups in total. The second kappa shape index (κ2) is 4.89. The summed E-state index contributed by atoms with van der Waals surface area (Å²) in [7, 11) is 0. The van der Waals surface area contributed by atoms with Crippen LogP contribution in [-0.4, -0.2) is 32.6 Å². The molecule has 0 aliphatic heterocycles. The highest BCUT2D eigenvalue weighted by molar-refractivity contribution is 5.90. The number of benzene rings is 1. The van der Waals surface area contributed by atoms with Gasteiger partial charge in [0, 0.05) is 5.56 Å². The van der Waals surface area contributed by atoms with E-state index in [2.05, 4.69) is 5.10 Å². The summed E-state index contributed by atoms with van der Waals surface area (Å²) in [6.45, 7) is 0.255. The van der Waals surface area contributed by atoms with Crippen molar-refractivity contribution in [3.8, 4) is 11.1 Å². The summed E-state index contributed by atoms with van der Waals surface area (Å²) in [6, 6.07) is 6.48. The van der Waals surface area contributed by atoms with E-state index in [0.29, 0.717) is 23.5 Å². The second-order valence-electron chi connectivity index (χ2n) is 3.78. The smallest absolute Gasteiger partial charge is 0.335 e. The van der Waals surface area contributed by atoms with Gasteiger partial charge < -0.3 is 15.9 Å². The van der Waals surface area contributed by atoms with Crippen LogP contribution in [0.15, 0.2) is 30.5 Å². The van der Waals surface area contributed by atoms with Crippen LogP contribution in [0.5, 0.6) is 0 Å². The Morgan fingerprint density at radius 3 is 2.89 bits per heavy atom. The quantitative estimate of drug-likeness (QED) is 0.742. The number of hydrogen-bond acceptors (Lipinski definition) is 4. The molecule has 2 rings (SSSR count). The van der Waals surface area contributed by atoms with Crippen molar-refractivity contribution in [2.45, 2.75) is 6.54 Å². The van der Waals surface area contributed by atoms with E-state index in [4.69, 9.17) is 15.9 Å². The highest BCUT2D eigenvalue weighted by Crippen LogP contribution is 2.26. The molecule has 0 aliphatic carbocycles. The third kappa shape index (κ3) is 2.18. The molecular weight excluding hydrogens is 234 g/mol. The summed E-state index contributed by atoms with van der Waals surface area (Å²) in [5, 5.41) is 21.8. The van der Waals surface area contributed by atoms with Gasteiger partial charge in [-0.1, -0.05) is 12.1 Å². The third-order valence-corrected chi connectivity index (χ3v) is 2.61. The lowest BCUT2D eigenvalue weighted by Crippen LogP contribution is -2.07. The molecule has 1 heterocycles. The van der Waals surface area contributed by atoms with Gasteiger partial charge in [-0.2, -0.15) is 5.10 Å². The topological polar surface area (TPSA) is 101 Å². The van der Waals surface area contributed by atoms with Crippen LogP contribution < -0.4 is 5.73 Å². The zero-order valence-electron chi connectivity index (χ0n) is 9.58. The van der Waals surface area contributed by atoms with Crippen molar-refractivity contribution >= 4 is 11.8 Å². The number of carboxylic acids is 1. The molecule has 0 fully saturated rings. The molecule has 0 bridgehead atoms. The van der Waals surface area contributed by atoms with Gasteiger partial charge >= 0.3 is 5.97 Å². The molecule has 0 radical (unpaired) electrons. The maximum Gasteiger partial charge on any atom is 0.335 e. The van der Waals surface area contributed by atoms with Crippen molar-refractivity contribution in [2.24, 2.45) is 0 Å². The van der Waals surface area contributed by atoms with Gasteiger partial charge in [0.1, 0.15) is 5.82 Å². The van der Waals surface area contributed by atoms with Gasteiger partial charge in [0.25, 0.3) is 0 Å². The van der Waals surface area contributed by atoms with E-state index in [1.54, 1.807) is 24.4 Å². The zero-order chi connectivity index (χ0) is 13.1. The number of aromatic carboxylic acids is 1. The Kier molecular flexibility index (Phi) is 3.29. The fourth-order valence-electron chi connectivity index (χ4n) is 1.71. The Balaban J connectivity index is 2.42. The van der Waals surface area contributed by atoms with Gasteiger partial charge in [0.2, 0.25) is 0 Å². The summed E-state index contributed by atoms with van der Waals surface area (Å²) in [4.78, 5) is 10.9. The Hall–Kier alpha value is -2.34. The molecule has 94 valence electrons. The fraction of sp³-hybridized carbons (Fsp3) is 0.167. The van der Waals surface area contributed by atoms with E-state index in [-0.39, 0.29) is 12.2 Å². The largest absolute Gasteiger partial charge is 0.478 e.